The minimum Gasteiger partial charge on any atom is -0.277 e. The van der Waals surface area contributed by atoms with E-state index in [1.807, 2.05) is 36.4 Å². The maximum atomic E-state index is 14.4. The van der Waals surface area contributed by atoms with E-state index in [0.29, 0.717) is 5.56 Å². The van der Waals surface area contributed by atoms with Crippen molar-refractivity contribution < 1.29 is 9.18 Å². The Morgan fingerprint density at radius 1 is 1.08 bits per heavy atom. The first-order chi connectivity index (χ1) is 12.1. The van der Waals surface area contributed by atoms with Crippen LogP contribution in [0.15, 0.2) is 71.9 Å². The fourth-order valence-corrected chi connectivity index (χ4v) is 2.86. The van der Waals surface area contributed by atoms with Crippen LogP contribution in [0.5, 0.6) is 0 Å². The molecule has 0 bridgehead atoms. The van der Waals surface area contributed by atoms with E-state index in [1.165, 1.54) is 11.9 Å². The maximum absolute atomic E-state index is 14.4. The Kier molecular flexibility index (Phi) is 5.42. The number of hydrazine groups is 1. The van der Waals surface area contributed by atoms with Crippen molar-refractivity contribution in [3.63, 3.8) is 0 Å². The lowest BCUT2D eigenvalue weighted by atomic mass is 9.99. The quantitative estimate of drug-likeness (QED) is 0.535. The Morgan fingerprint density at radius 2 is 1.88 bits per heavy atom. The van der Waals surface area contributed by atoms with Gasteiger partial charge < -0.3 is 0 Å². The summed E-state index contributed by atoms with van der Waals surface area (Å²) in [5.74, 6) is -1.06. The molecule has 0 aliphatic heterocycles. The molecule has 0 spiro atoms. The molecule has 1 heterocycles. The van der Waals surface area contributed by atoms with Gasteiger partial charge in [0.2, 0.25) is 0 Å². The molecule has 126 valence electrons. The third-order valence-electron chi connectivity index (χ3n) is 3.57. The van der Waals surface area contributed by atoms with E-state index in [9.17, 15) is 9.18 Å². The minimum atomic E-state index is -0.533. The van der Waals surface area contributed by atoms with Gasteiger partial charge in [0, 0.05) is 17.3 Å². The van der Waals surface area contributed by atoms with Gasteiger partial charge in [0.15, 0.2) is 0 Å². The van der Waals surface area contributed by atoms with Crippen molar-refractivity contribution in [2.24, 2.45) is 0 Å². The van der Waals surface area contributed by atoms with Gasteiger partial charge in [-0.3, -0.25) is 15.2 Å². The zero-order valence-corrected chi connectivity index (χ0v) is 14.3. The largest absolute Gasteiger partial charge is 0.277 e. The maximum Gasteiger partial charge on any atom is 0.269 e. The molecule has 1 aromatic heterocycles. The molecule has 0 radical (unpaired) electrons. The number of hydrogen-bond donors (Lipinski definition) is 2. The first-order valence-electron chi connectivity index (χ1n) is 7.63. The number of aryl methyl sites for hydroxylation is 1. The Balaban J connectivity index is 1.76. The zero-order valence-electron chi connectivity index (χ0n) is 13.5. The molecule has 3 rings (SSSR count). The summed E-state index contributed by atoms with van der Waals surface area (Å²) in [6.45, 7) is 1.65. The summed E-state index contributed by atoms with van der Waals surface area (Å²) in [4.78, 5) is 19.9. The van der Waals surface area contributed by atoms with E-state index < -0.39 is 11.7 Å². The number of aromatic nitrogens is 1. The fourth-order valence-electron chi connectivity index (χ4n) is 2.34. The summed E-state index contributed by atoms with van der Waals surface area (Å²) in [5, 5.41) is 0. The lowest BCUT2D eigenvalue weighted by molar-refractivity contribution is 0.0943. The molecule has 1 amide bonds. The second-order valence-electron chi connectivity index (χ2n) is 5.37. The molecular weight excluding hydrogens is 337 g/mol. The smallest absolute Gasteiger partial charge is 0.269 e. The number of benzene rings is 2. The van der Waals surface area contributed by atoms with Crippen LogP contribution in [0.25, 0.3) is 11.1 Å². The number of nitrogens with one attached hydrogen (secondary N) is 2. The molecular formula is C19H16FN3OS. The summed E-state index contributed by atoms with van der Waals surface area (Å²) in [6, 6.07) is 16.5. The van der Waals surface area contributed by atoms with Crippen molar-refractivity contribution in [2.75, 3.05) is 0 Å². The zero-order chi connectivity index (χ0) is 17.6. The van der Waals surface area contributed by atoms with Gasteiger partial charge >= 0.3 is 0 Å². The number of amides is 1. The van der Waals surface area contributed by atoms with E-state index in [-0.39, 0.29) is 5.56 Å². The lowest BCUT2D eigenvalue weighted by Gasteiger charge is -2.11. The van der Waals surface area contributed by atoms with Crippen molar-refractivity contribution in [3.8, 4) is 11.1 Å². The van der Waals surface area contributed by atoms with Gasteiger partial charge in [-0.1, -0.05) is 30.3 Å². The molecule has 0 unspecified atom stereocenters. The highest BCUT2D eigenvalue weighted by Gasteiger charge is 2.16. The Bertz CT molecular complexity index is 873. The average Bonchev–Trinajstić information content (AvgIpc) is 2.65. The monoisotopic (exact) mass is 353 g/mol. The number of halogens is 1. The number of nitrogens with zero attached hydrogens (tertiary/aromatic N) is 1. The summed E-state index contributed by atoms with van der Waals surface area (Å²) in [6.07, 6.45) is 3.32. The van der Waals surface area contributed by atoms with Gasteiger partial charge in [-0.2, -0.15) is 4.83 Å². The van der Waals surface area contributed by atoms with Crippen LogP contribution < -0.4 is 10.3 Å². The number of pyridine rings is 1. The molecule has 0 atom stereocenters. The predicted molar refractivity (Wildman–Crippen MR) is 97.3 cm³/mol. The van der Waals surface area contributed by atoms with Crippen LogP contribution in [-0.2, 0) is 0 Å². The fraction of sp³-hybridized carbons (Fsp3) is 0.0526. The van der Waals surface area contributed by atoms with Gasteiger partial charge in [0.25, 0.3) is 5.91 Å². The third-order valence-corrected chi connectivity index (χ3v) is 4.26. The second kappa shape index (κ2) is 7.92. The molecule has 0 saturated carbocycles. The van der Waals surface area contributed by atoms with Crippen LogP contribution >= 0.6 is 11.9 Å². The highest BCUT2D eigenvalue weighted by atomic mass is 32.2. The lowest BCUT2D eigenvalue weighted by Crippen LogP contribution is -2.33. The van der Waals surface area contributed by atoms with Crippen LogP contribution in [0.3, 0.4) is 0 Å². The molecule has 0 saturated heterocycles. The second-order valence-corrected chi connectivity index (χ2v) is 6.25. The topological polar surface area (TPSA) is 54.0 Å². The summed E-state index contributed by atoms with van der Waals surface area (Å²) in [5.41, 5.74) is 4.65. The van der Waals surface area contributed by atoms with E-state index >= 15 is 0 Å². The van der Waals surface area contributed by atoms with Crippen LogP contribution in [0.2, 0.25) is 0 Å². The highest BCUT2D eigenvalue weighted by Crippen LogP contribution is 2.24. The molecule has 2 aromatic carbocycles. The van der Waals surface area contributed by atoms with E-state index in [4.69, 9.17) is 0 Å². The Morgan fingerprint density at radius 3 is 2.60 bits per heavy atom. The molecule has 4 nitrogen and oxygen atoms in total. The van der Waals surface area contributed by atoms with Crippen molar-refractivity contribution in [2.45, 2.75) is 11.8 Å². The SMILES string of the molecule is Cc1cc(-c2ccccc2)cc(C(=O)NNSc2cccnc2)c1F. The minimum absolute atomic E-state index is 0.00172. The van der Waals surface area contributed by atoms with Crippen LogP contribution in [0, 0.1) is 12.7 Å². The van der Waals surface area contributed by atoms with Gasteiger partial charge in [-0.05, 0) is 59.8 Å². The van der Waals surface area contributed by atoms with Crippen molar-refractivity contribution >= 4 is 17.9 Å². The first-order valence-corrected chi connectivity index (χ1v) is 8.44. The van der Waals surface area contributed by atoms with Crippen LogP contribution in [-0.4, -0.2) is 10.9 Å². The molecule has 2 N–H and O–H groups in total. The number of rotatable bonds is 5. The van der Waals surface area contributed by atoms with E-state index in [1.54, 1.807) is 37.5 Å². The van der Waals surface area contributed by atoms with Crippen molar-refractivity contribution in [1.82, 2.24) is 15.2 Å². The summed E-state index contributed by atoms with van der Waals surface area (Å²) < 4.78 is 14.4. The highest BCUT2D eigenvalue weighted by molar-refractivity contribution is 7.97. The number of carbonyl (C=O) groups is 1. The number of carbonyl (C=O) groups excluding carboxylic acids is 1. The van der Waals surface area contributed by atoms with Crippen LogP contribution in [0.1, 0.15) is 15.9 Å². The molecule has 0 fully saturated rings. The molecule has 6 heteroatoms. The first kappa shape index (κ1) is 17.1. The Hall–Kier alpha value is -2.70. The summed E-state index contributed by atoms with van der Waals surface area (Å²) >= 11 is 1.19. The van der Waals surface area contributed by atoms with E-state index in [0.717, 1.165) is 16.0 Å². The van der Waals surface area contributed by atoms with Crippen molar-refractivity contribution in [3.05, 3.63) is 83.9 Å². The number of hydrogen-bond acceptors (Lipinski definition) is 4. The Labute approximate surface area is 149 Å². The standard InChI is InChI=1S/C19H16FN3OS/c1-13-10-15(14-6-3-2-4-7-14)11-17(18(13)20)19(24)22-23-25-16-8-5-9-21-12-16/h2-12,23H,1H3,(H,22,24). The molecule has 25 heavy (non-hydrogen) atoms. The predicted octanol–water partition coefficient (Wildman–Crippen LogP) is 4.14. The third kappa shape index (κ3) is 4.23. The molecule has 3 aromatic rings. The van der Waals surface area contributed by atoms with Crippen molar-refractivity contribution in [1.29, 1.82) is 0 Å². The van der Waals surface area contributed by atoms with Gasteiger partial charge in [-0.15, -0.1) is 0 Å². The van der Waals surface area contributed by atoms with Crippen LogP contribution in [0.4, 0.5) is 4.39 Å². The summed E-state index contributed by atoms with van der Waals surface area (Å²) in [7, 11) is 0. The average molecular weight is 353 g/mol. The van der Waals surface area contributed by atoms with Gasteiger partial charge in [-0.25, -0.2) is 4.39 Å². The molecule has 0 aliphatic carbocycles. The van der Waals surface area contributed by atoms with Gasteiger partial charge in [0.1, 0.15) is 5.82 Å². The normalized spacial score (nSPS) is 10.5. The molecule has 0 aliphatic rings. The van der Waals surface area contributed by atoms with Gasteiger partial charge in [0.05, 0.1) is 5.56 Å². The van der Waals surface area contributed by atoms with E-state index in [2.05, 4.69) is 15.2 Å².